The average Bonchev–Trinajstić information content (AvgIpc) is 3.01. The van der Waals surface area contributed by atoms with Gasteiger partial charge < -0.3 is 4.74 Å². The summed E-state index contributed by atoms with van der Waals surface area (Å²) in [6, 6.07) is 9.80. The summed E-state index contributed by atoms with van der Waals surface area (Å²) < 4.78 is 32.1. The summed E-state index contributed by atoms with van der Waals surface area (Å²) in [5.74, 6) is -0.523. The minimum Gasteiger partial charge on any atom is -0.461 e. The van der Waals surface area contributed by atoms with Crippen LogP contribution in [0.1, 0.15) is 29.9 Å². The van der Waals surface area contributed by atoms with Crippen LogP contribution in [-0.2, 0) is 21.2 Å². The van der Waals surface area contributed by atoms with Gasteiger partial charge in [-0.2, -0.15) is 0 Å². The fourth-order valence-corrected chi connectivity index (χ4v) is 4.06. The van der Waals surface area contributed by atoms with E-state index in [2.05, 4.69) is 4.98 Å². The molecule has 0 fully saturated rings. The van der Waals surface area contributed by atoms with Crippen LogP contribution in [0.15, 0.2) is 53.7 Å². The molecular formula is C18H18N2O4S. The molecule has 0 bridgehead atoms. The molecule has 0 radical (unpaired) electrons. The van der Waals surface area contributed by atoms with Crippen LogP contribution in [-0.4, -0.2) is 30.0 Å². The summed E-state index contributed by atoms with van der Waals surface area (Å²) in [4.78, 5) is 16.2. The number of hydrogen-bond donors (Lipinski definition) is 0. The van der Waals surface area contributed by atoms with Gasteiger partial charge in [-0.25, -0.2) is 22.2 Å². The van der Waals surface area contributed by atoms with E-state index in [0.717, 1.165) is 5.56 Å². The molecule has 130 valence electrons. The van der Waals surface area contributed by atoms with Crippen LogP contribution in [0.3, 0.4) is 0 Å². The minimum atomic E-state index is -3.74. The predicted octanol–water partition coefficient (Wildman–Crippen LogP) is 3.01. The molecule has 0 aliphatic carbocycles. The summed E-state index contributed by atoms with van der Waals surface area (Å²) in [5.41, 5.74) is 1.43. The number of benzene rings is 1. The summed E-state index contributed by atoms with van der Waals surface area (Å²) in [5, 5.41) is 0.681. The van der Waals surface area contributed by atoms with Gasteiger partial charge in [-0.1, -0.05) is 25.1 Å². The summed E-state index contributed by atoms with van der Waals surface area (Å²) in [6.07, 6.45) is 3.62. The fraction of sp³-hybridized carbons (Fsp3) is 0.222. The smallest absolute Gasteiger partial charge is 0.356 e. The Labute approximate surface area is 146 Å². The van der Waals surface area contributed by atoms with Crippen LogP contribution < -0.4 is 0 Å². The molecule has 0 amide bonds. The SMILES string of the molecule is CCOC(=O)c1cc2c(CC)cn(S(=O)(=O)c3ccccc3)c2cn1. The molecule has 0 aliphatic rings. The highest BCUT2D eigenvalue weighted by atomic mass is 32.2. The third-order valence-electron chi connectivity index (χ3n) is 3.90. The lowest BCUT2D eigenvalue weighted by molar-refractivity contribution is 0.0519. The first-order valence-corrected chi connectivity index (χ1v) is 9.40. The molecule has 3 aromatic rings. The van der Waals surface area contributed by atoms with Crippen molar-refractivity contribution < 1.29 is 17.9 Å². The third kappa shape index (κ3) is 3.02. The second-order valence-corrected chi connectivity index (χ2v) is 7.24. The molecule has 0 aliphatic heterocycles. The van der Waals surface area contributed by atoms with Crippen LogP contribution in [0.25, 0.3) is 10.9 Å². The van der Waals surface area contributed by atoms with Crippen LogP contribution in [0.2, 0.25) is 0 Å². The summed E-state index contributed by atoms with van der Waals surface area (Å²) in [7, 11) is -3.74. The molecule has 3 rings (SSSR count). The number of pyridine rings is 1. The second-order valence-electron chi connectivity index (χ2n) is 5.43. The molecule has 0 spiro atoms. The van der Waals surface area contributed by atoms with Gasteiger partial charge in [-0.15, -0.1) is 0 Å². The molecule has 7 heteroatoms. The van der Waals surface area contributed by atoms with Gasteiger partial charge in [0.2, 0.25) is 0 Å². The van der Waals surface area contributed by atoms with E-state index in [0.29, 0.717) is 17.3 Å². The van der Waals surface area contributed by atoms with Crippen LogP contribution in [0.4, 0.5) is 0 Å². The topological polar surface area (TPSA) is 78.3 Å². The largest absolute Gasteiger partial charge is 0.461 e. The van der Waals surface area contributed by atoms with Crippen molar-refractivity contribution in [3.63, 3.8) is 0 Å². The van der Waals surface area contributed by atoms with Crippen molar-refractivity contribution in [3.05, 3.63) is 60.0 Å². The first kappa shape index (κ1) is 17.2. The van der Waals surface area contributed by atoms with E-state index in [9.17, 15) is 13.2 Å². The van der Waals surface area contributed by atoms with Crippen molar-refractivity contribution in [1.82, 2.24) is 8.96 Å². The fourth-order valence-electron chi connectivity index (χ4n) is 2.66. The molecular weight excluding hydrogens is 340 g/mol. The lowest BCUT2D eigenvalue weighted by Crippen LogP contribution is -2.12. The third-order valence-corrected chi connectivity index (χ3v) is 5.59. The van der Waals surface area contributed by atoms with Crippen molar-refractivity contribution in [3.8, 4) is 0 Å². The number of rotatable bonds is 5. The maximum atomic E-state index is 12.9. The van der Waals surface area contributed by atoms with Gasteiger partial charge in [0.1, 0.15) is 5.69 Å². The molecule has 0 atom stereocenters. The van der Waals surface area contributed by atoms with Gasteiger partial charge in [0, 0.05) is 11.6 Å². The maximum absolute atomic E-state index is 12.9. The molecule has 2 aromatic heterocycles. The quantitative estimate of drug-likeness (QED) is 0.655. The number of aromatic nitrogens is 2. The van der Waals surface area contributed by atoms with Gasteiger partial charge in [0.25, 0.3) is 10.0 Å². The maximum Gasteiger partial charge on any atom is 0.356 e. The molecule has 2 heterocycles. The number of hydrogen-bond acceptors (Lipinski definition) is 5. The van der Waals surface area contributed by atoms with Crippen molar-refractivity contribution >= 4 is 26.9 Å². The molecule has 25 heavy (non-hydrogen) atoms. The Bertz CT molecular complexity index is 1020. The number of fused-ring (bicyclic) bond motifs is 1. The molecule has 0 unspecified atom stereocenters. The van der Waals surface area contributed by atoms with Crippen molar-refractivity contribution in [2.24, 2.45) is 0 Å². The van der Waals surface area contributed by atoms with Gasteiger partial charge in [-0.3, -0.25) is 0 Å². The molecule has 0 N–H and O–H groups in total. The van der Waals surface area contributed by atoms with E-state index in [1.165, 1.54) is 10.2 Å². The minimum absolute atomic E-state index is 0.166. The zero-order valence-corrected chi connectivity index (χ0v) is 14.8. The van der Waals surface area contributed by atoms with Gasteiger partial charge >= 0.3 is 5.97 Å². The Kier molecular flexibility index (Phi) is 4.59. The van der Waals surface area contributed by atoms with E-state index in [1.807, 2.05) is 6.92 Å². The van der Waals surface area contributed by atoms with Crippen LogP contribution in [0, 0.1) is 0 Å². The number of carbonyl (C=O) groups excluding carboxylic acids is 1. The first-order valence-electron chi connectivity index (χ1n) is 7.96. The Hall–Kier alpha value is -2.67. The lowest BCUT2D eigenvalue weighted by atomic mass is 10.1. The Balaban J connectivity index is 2.20. The van der Waals surface area contributed by atoms with E-state index in [4.69, 9.17) is 4.74 Å². The second kappa shape index (κ2) is 6.68. The number of nitrogens with zero attached hydrogens (tertiary/aromatic N) is 2. The normalized spacial score (nSPS) is 11.6. The molecule has 6 nitrogen and oxygen atoms in total. The van der Waals surface area contributed by atoms with Gasteiger partial charge in [-0.05, 0) is 37.1 Å². The monoisotopic (exact) mass is 358 g/mol. The number of ether oxygens (including phenoxy) is 1. The Morgan fingerprint density at radius 2 is 1.92 bits per heavy atom. The molecule has 1 aromatic carbocycles. The van der Waals surface area contributed by atoms with Gasteiger partial charge in [0.15, 0.2) is 0 Å². The number of esters is 1. The van der Waals surface area contributed by atoms with Crippen molar-refractivity contribution in [2.45, 2.75) is 25.2 Å². The van der Waals surface area contributed by atoms with Crippen LogP contribution in [0.5, 0.6) is 0 Å². The Morgan fingerprint density at radius 3 is 2.56 bits per heavy atom. The molecule has 0 saturated carbocycles. The van der Waals surface area contributed by atoms with E-state index in [1.54, 1.807) is 49.5 Å². The number of carbonyl (C=O) groups is 1. The molecule has 0 saturated heterocycles. The highest BCUT2D eigenvalue weighted by Crippen LogP contribution is 2.26. The van der Waals surface area contributed by atoms with Crippen molar-refractivity contribution in [2.75, 3.05) is 6.61 Å². The van der Waals surface area contributed by atoms with E-state index >= 15 is 0 Å². The van der Waals surface area contributed by atoms with Crippen LogP contribution >= 0.6 is 0 Å². The lowest BCUT2D eigenvalue weighted by Gasteiger charge is -2.07. The van der Waals surface area contributed by atoms with Gasteiger partial charge in [0.05, 0.1) is 23.2 Å². The van der Waals surface area contributed by atoms with E-state index < -0.39 is 16.0 Å². The zero-order valence-electron chi connectivity index (χ0n) is 14.0. The zero-order chi connectivity index (χ0) is 18.0. The van der Waals surface area contributed by atoms with Crippen molar-refractivity contribution in [1.29, 1.82) is 0 Å². The van der Waals surface area contributed by atoms with E-state index in [-0.39, 0.29) is 17.2 Å². The average molecular weight is 358 g/mol. The highest BCUT2D eigenvalue weighted by Gasteiger charge is 2.22. The highest BCUT2D eigenvalue weighted by molar-refractivity contribution is 7.90. The standard InChI is InChI=1S/C18H18N2O4S/c1-3-13-12-20(25(22,23)14-8-6-5-7-9-14)17-11-19-16(10-15(13)17)18(21)24-4-2/h5-12H,3-4H2,1-2H3. The number of aryl methyl sites for hydroxylation is 1. The summed E-state index contributed by atoms with van der Waals surface area (Å²) >= 11 is 0. The summed E-state index contributed by atoms with van der Waals surface area (Å²) in [6.45, 7) is 3.90. The predicted molar refractivity (Wildman–Crippen MR) is 94.1 cm³/mol. The Morgan fingerprint density at radius 1 is 1.20 bits per heavy atom. The first-order chi connectivity index (χ1) is 12.0.